The molecule has 5 rings (SSSR count). The topological polar surface area (TPSA) is 54.8 Å². The first-order valence-electron chi connectivity index (χ1n) is 11.5. The summed E-state index contributed by atoms with van der Waals surface area (Å²) in [5.74, 6) is 2.03. The summed E-state index contributed by atoms with van der Waals surface area (Å²) in [4.78, 5) is 7.28. The van der Waals surface area contributed by atoms with Crippen LogP contribution in [0, 0.1) is 5.92 Å². The Bertz CT molecular complexity index is 1200. The minimum absolute atomic E-state index is 0.119. The summed E-state index contributed by atoms with van der Waals surface area (Å²) in [5, 5.41) is 9.52. The molecule has 1 saturated heterocycles. The fourth-order valence-corrected chi connectivity index (χ4v) is 5.40. The molecule has 3 heterocycles. The Morgan fingerprint density at radius 2 is 1.80 bits per heavy atom. The van der Waals surface area contributed by atoms with Crippen LogP contribution in [-0.2, 0) is 6.18 Å². The average Bonchev–Trinajstić information content (AvgIpc) is 2.88. The van der Waals surface area contributed by atoms with Gasteiger partial charge in [-0.2, -0.15) is 13.2 Å². The van der Waals surface area contributed by atoms with Gasteiger partial charge in [0.15, 0.2) is 11.5 Å². The van der Waals surface area contributed by atoms with Gasteiger partial charge in [-0.3, -0.25) is 0 Å². The molecule has 0 saturated carbocycles. The standard InChI is InChI=1S/C26H25F3N2O3S/c27-26(28,29)21-12-18(19-7-8-30-25(13-19)31-9-1-2-17(15-31)16-32)3-6-24(21)35-20-4-5-22-23(14-20)34-11-10-33-22/h3-8,12-14,17,32H,1-2,9-11,15-16H2. The van der Waals surface area contributed by atoms with Gasteiger partial charge in [-0.15, -0.1) is 0 Å². The van der Waals surface area contributed by atoms with Crippen molar-refractivity contribution in [2.45, 2.75) is 28.8 Å². The number of anilines is 1. The minimum atomic E-state index is -4.51. The van der Waals surface area contributed by atoms with Gasteiger partial charge >= 0.3 is 6.18 Å². The molecule has 1 fully saturated rings. The van der Waals surface area contributed by atoms with Crippen LogP contribution >= 0.6 is 11.8 Å². The molecule has 0 radical (unpaired) electrons. The summed E-state index contributed by atoms with van der Waals surface area (Å²) in [6.07, 6.45) is -0.979. The summed E-state index contributed by atoms with van der Waals surface area (Å²) in [7, 11) is 0. The number of halogens is 3. The van der Waals surface area contributed by atoms with Crippen molar-refractivity contribution in [3.63, 3.8) is 0 Å². The van der Waals surface area contributed by atoms with E-state index < -0.39 is 11.7 Å². The third kappa shape index (κ3) is 5.36. The highest BCUT2D eigenvalue weighted by Gasteiger charge is 2.34. The number of aliphatic hydroxyl groups excluding tert-OH is 1. The zero-order valence-corrected chi connectivity index (χ0v) is 19.7. The maximum absolute atomic E-state index is 14.1. The number of fused-ring (bicyclic) bond motifs is 1. The molecule has 1 unspecified atom stereocenters. The van der Waals surface area contributed by atoms with Crippen molar-refractivity contribution >= 4 is 17.6 Å². The molecule has 1 N–H and O–H groups in total. The predicted molar refractivity (Wildman–Crippen MR) is 128 cm³/mol. The summed E-state index contributed by atoms with van der Waals surface area (Å²) < 4.78 is 53.3. The second-order valence-electron chi connectivity index (χ2n) is 8.66. The number of rotatable bonds is 5. The van der Waals surface area contributed by atoms with Gasteiger partial charge in [-0.05, 0) is 72.4 Å². The summed E-state index contributed by atoms with van der Waals surface area (Å²) in [6.45, 7) is 2.48. The average molecular weight is 503 g/mol. The number of ether oxygens (including phenoxy) is 2. The molecule has 2 aliphatic heterocycles. The fourth-order valence-electron chi connectivity index (χ4n) is 4.43. The van der Waals surface area contributed by atoms with Crippen LogP contribution in [0.25, 0.3) is 11.1 Å². The van der Waals surface area contributed by atoms with Crippen LogP contribution in [0.1, 0.15) is 18.4 Å². The number of benzene rings is 2. The highest BCUT2D eigenvalue weighted by Crippen LogP contribution is 2.43. The predicted octanol–water partition coefficient (Wildman–Crippen LogP) is 5.90. The van der Waals surface area contributed by atoms with Gasteiger partial charge in [0.25, 0.3) is 0 Å². The molecule has 0 amide bonds. The minimum Gasteiger partial charge on any atom is -0.486 e. The van der Waals surface area contributed by atoms with E-state index in [9.17, 15) is 18.3 Å². The monoisotopic (exact) mass is 502 g/mol. The Balaban J connectivity index is 1.44. The van der Waals surface area contributed by atoms with Crippen molar-refractivity contribution in [1.82, 2.24) is 4.98 Å². The first-order valence-corrected chi connectivity index (χ1v) is 12.3. The molecule has 9 heteroatoms. The largest absolute Gasteiger partial charge is 0.486 e. The van der Waals surface area contributed by atoms with E-state index in [1.807, 2.05) is 6.07 Å². The molecule has 1 atom stereocenters. The maximum Gasteiger partial charge on any atom is 0.417 e. The van der Waals surface area contributed by atoms with Crippen molar-refractivity contribution in [3.05, 3.63) is 60.3 Å². The van der Waals surface area contributed by atoms with Crippen LogP contribution in [0.3, 0.4) is 0 Å². The van der Waals surface area contributed by atoms with E-state index in [-0.39, 0.29) is 17.4 Å². The van der Waals surface area contributed by atoms with Crippen LogP contribution < -0.4 is 14.4 Å². The quantitative estimate of drug-likeness (QED) is 0.469. The lowest BCUT2D eigenvalue weighted by Crippen LogP contribution is -2.37. The molecular weight excluding hydrogens is 477 g/mol. The number of nitrogens with zero attached hydrogens (tertiary/aromatic N) is 2. The van der Waals surface area contributed by atoms with E-state index in [4.69, 9.17) is 9.47 Å². The lowest BCUT2D eigenvalue weighted by atomic mass is 9.98. The van der Waals surface area contributed by atoms with Crippen LogP contribution in [0.5, 0.6) is 11.5 Å². The Labute approximate surface area is 205 Å². The van der Waals surface area contributed by atoms with E-state index in [1.54, 1.807) is 36.5 Å². The van der Waals surface area contributed by atoms with Crippen LogP contribution in [-0.4, -0.2) is 43.0 Å². The Kier molecular flexibility index (Phi) is 6.80. The molecule has 3 aromatic rings. The molecule has 0 aliphatic carbocycles. The molecule has 35 heavy (non-hydrogen) atoms. The number of piperidine rings is 1. The van der Waals surface area contributed by atoms with Crippen molar-refractivity contribution in [3.8, 4) is 22.6 Å². The first-order chi connectivity index (χ1) is 16.9. The van der Waals surface area contributed by atoms with Gasteiger partial charge < -0.3 is 19.5 Å². The van der Waals surface area contributed by atoms with E-state index in [2.05, 4.69) is 9.88 Å². The molecule has 0 spiro atoms. The normalized spacial score (nSPS) is 17.9. The molecule has 0 bridgehead atoms. The van der Waals surface area contributed by atoms with Crippen LogP contribution in [0.4, 0.5) is 19.0 Å². The van der Waals surface area contributed by atoms with E-state index >= 15 is 0 Å². The molecule has 1 aromatic heterocycles. The van der Waals surface area contributed by atoms with E-state index in [1.165, 1.54) is 12.1 Å². The highest BCUT2D eigenvalue weighted by atomic mass is 32.2. The first kappa shape index (κ1) is 23.8. The second-order valence-corrected chi connectivity index (χ2v) is 9.77. The van der Waals surface area contributed by atoms with Crippen molar-refractivity contribution in [2.24, 2.45) is 5.92 Å². The van der Waals surface area contributed by atoms with Crippen LogP contribution in [0.2, 0.25) is 0 Å². The highest BCUT2D eigenvalue weighted by molar-refractivity contribution is 7.99. The summed E-state index contributed by atoms with van der Waals surface area (Å²) in [5.41, 5.74) is 0.456. The number of aliphatic hydroxyl groups is 1. The summed E-state index contributed by atoms with van der Waals surface area (Å²) in [6, 6.07) is 13.1. The number of hydrogen-bond donors (Lipinski definition) is 1. The maximum atomic E-state index is 14.1. The third-order valence-electron chi connectivity index (χ3n) is 6.21. The molecular formula is C26H25F3N2O3S. The third-order valence-corrected chi connectivity index (χ3v) is 7.27. The zero-order chi connectivity index (χ0) is 24.4. The van der Waals surface area contributed by atoms with E-state index in [0.29, 0.717) is 53.1 Å². The fraction of sp³-hybridized carbons (Fsp3) is 0.346. The molecule has 184 valence electrons. The number of hydrogen-bond acceptors (Lipinski definition) is 6. The molecule has 2 aliphatic rings. The van der Waals surface area contributed by atoms with Gasteiger partial charge in [0.1, 0.15) is 19.0 Å². The van der Waals surface area contributed by atoms with Crippen molar-refractivity contribution in [1.29, 1.82) is 0 Å². The lowest BCUT2D eigenvalue weighted by molar-refractivity contribution is -0.139. The van der Waals surface area contributed by atoms with Gasteiger partial charge in [-0.25, -0.2) is 4.98 Å². The summed E-state index contributed by atoms with van der Waals surface area (Å²) >= 11 is 1.05. The van der Waals surface area contributed by atoms with Crippen molar-refractivity contribution in [2.75, 3.05) is 37.8 Å². The number of aromatic nitrogens is 1. The van der Waals surface area contributed by atoms with Gasteiger partial charge in [-0.1, -0.05) is 17.8 Å². The number of alkyl halides is 3. The van der Waals surface area contributed by atoms with Gasteiger partial charge in [0.2, 0.25) is 0 Å². The zero-order valence-electron chi connectivity index (χ0n) is 18.9. The SMILES string of the molecule is OCC1CCCN(c2cc(-c3ccc(Sc4ccc5c(c4)OCCO5)c(C(F)(F)F)c3)ccn2)C1. The Hall–Kier alpha value is -2.91. The van der Waals surface area contributed by atoms with Gasteiger partial charge in [0.05, 0.1) is 5.56 Å². The van der Waals surface area contributed by atoms with Gasteiger partial charge in [0, 0.05) is 35.7 Å². The van der Waals surface area contributed by atoms with E-state index in [0.717, 1.165) is 31.1 Å². The molecule has 2 aromatic carbocycles. The lowest BCUT2D eigenvalue weighted by Gasteiger charge is -2.32. The second kappa shape index (κ2) is 9.99. The Morgan fingerprint density at radius 1 is 1.00 bits per heavy atom. The van der Waals surface area contributed by atoms with Crippen LogP contribution in [0.15, 0.2) is 64.5 Å². The number of pyridine rings is 1. The Morgan fingerprint density at radius 3 is 2.60 bits per heavy atom. The smallest absolute Gasteiger partial charge is 0.417 e. The molecule has 5 nitrogen and oxygen atoms in total. The van der Waals surface area contributed by atoms with Crippen molar-refractivity contribution < 1.29 is 27.8 Å².